The van der Waals surface area contributed by atoms with Crippen molar-refractivity contribution in [3.63, 3.8) is 0 Å². The van der Waals surface area contributed by atoms with Gasteiger partial charge in [-0.05, 0) is 11.4 Å². The SMILES string of the molecule is O=C(O)Cc1csc(SCc2nc(-c3ccsc3)no2)n1. The molecule has 108 valence electrons. The molecule has 3 rings (SSSR count). The summed E-state index contributed by atoms with van der Waals surface area (Å²) in [6, 6.07) is 1.94. The largest absolute Gasteiger partial charge is 0.481 e. The Morgan fingerprint density at radius 3 is 3.05 bits per heavy atom. The molecule has 0 unspecified atom stereocenters. The minimum absolute atomic E-state index is 0.0556. The molecule has 0 saturated carbocycles. The van der Waals surface area contributed by atoms with Gasteiger partial charge in [-0.2, -0.15) is 16.3 Å². The summed E-state index contributed by atoms with van der Waals surface area (Å²) in [6.45, 7) is 0. The maximum absolute atomic E-state index is 10.6. The molecule has 21 heavy (non-hydrogen) atoms. The zero-order chi connectivity index (χ0) is 14.7. The molecule has 0 atom stereocenters. The number of thiazole rings is 1. The van der Waals surface area contributed by atoms with Crippen LogP contribution >= 0.6 is 34.4 Å². The number of hydrogen-bond donors (Lipinski definition) is 1. The first kappa shape index (κ1) is 14.2. The van der Waals surface area contributed by atoms with Crippen molar-refractivity contribution in [3.8, 4) is 11.4 Å². The predicted molar refractivity (Wildman–Crippen MR) is 80.6 cm³/mol. The van der Waals surface area contributed by atoms with Crippen molar-refractivity contribution in [3.05, 3.63) is 33.8 Å². The van der Waals surface area contributed by atoms with Crippen LogP contribution in [0.1, 0.15) is 11.6 Å². The number of thioether (sulfide) groups is 1. The van der Waals surface area contributed by atoms with E-state index in [9.17, 15) is 4.79 Å². The van der Waals surface area contributed by atoms with E-state index in [1.54, 1.807) is 16.7 Å². The fourth-order valence-electron chi connectivity index (χ4n) is 1.54. The molecular formula is C12H9N3O3S3. The van der Waals surface area contributed by atoms with E-state index in [1.807, 2.05) is 16.8 Å². The van der Waals surface area contributed by atoms with E-state index in [4.69, 9.17) is 9.63 Å². The topological polar surface area (TPSA) is 89.1 Å². The second-order valence-electron chi connectivity index (χ2n) is 3.99. The number of aromatic nitrogens is 3. The first-order valence-electron chi connectivity index (χ1n) is 5.85. The van der Waals surface area contributed by atoms with Gasteiger partial charge in [0.15, 0.2) is 4.34 Å². The standard InChI is InChI=1S/C12H9N3O3S3/c16-10(17)3-8-5-20-12(13-8)21-6-9-14-11(15-18-9)7-1-2-19-4-7/h1-2,4-5H,3,6H2,(H,16,17). The number of rotatable bonds is 6. The Morgan fingerprint density at radius 1 is 1.38 bits per heavy atom. The van der Waals surface area contributed by atoms with Crippen molar-refractivity contribution in [2.45, 2.75) is 16.5 Å². The lowest BCUT2D eigenvalue weighted by molar-refractivity contribution is -0.136. The number of hydrogen-bond acceptors (Lipinski definition) is 8. The van der Waals surface area contributed by atoms with Crippen molar-refractivity contribution in [1.82, 2.24) is 15.1 Å². The molecule has 3 aromatic rings. The Labute approximate surface area is 131 Å². The van der Waals surface area contributed by atoms with Gasteiger partial charge >= 0.3 is 5.97 Å². The quantitative estimate of drug-likeness (QED) is 0.690. The molecule has 0 fully saturated rings. The second kappa shape index (κ2) is 6.37. The van der Waals surface area contributed by atoms with Crippen molar-refractivity contribution < 1.29 is 14.4 Å². The molecule has 6 nitrogen and oxygen atoms in total. The summed E-state index contributed by atoms with van der Waals surface area (Å²) in [7, 11) is 0. The summed E-state index contributed by atoms with van der Waals surface area (Å²) in [5, 5.41) is 18.3. The Bertz CT molecular complexity index is 736. The third-order valence-electron chi connectivity index (χ3n) is 2.43. The maximum Gasteiger partial charge on any atom is 0.309 e. The average molecular weight is 339 g/mol. The van der Waals surface area contributed by atoms with E-state index in [0.29, 0.717) is 23.2 Å². The number of aliphatic carboxylic acids is 1. The van der Waals surface area contributed by atoms with Crippen LogP contribution in [-0.2, 0) is 17.0 Å². The van der Waals surface area contributed by atoms with Crippen LogP contribution in [0.3, 0.4) is 0 Å². The molecule has 0 spiro atoms. The van der Waals surface area contributed by atoms with Crippen LogP contribution in [0.15, 0.2) is 31.1 Å². The van der Waals surface area contributed by atoms with E-state index in [0.717, 1.165) is 9.90 Å². The summed E-state index contributed by atoms with van der Waals surface area (Å²) in [4.78, 5) is 19.1. The highest BCUT2D eigenvalue weighted by molar-refractivity contribution is 8.00. The molecular weight excluding hydrogens is 330 g/mol. The average Bonchev–Trinajstić information content (AvgIpc) is 3.17. The molecule has 1 N–H and O–H groups in total. The molecule has 3 aromatic heterocycles. The number of nitrogens with zero attached hydrogens (tertiary/aromatic N) is 3. The first-order chi connectivity index (χ1) is 10.2. The van der Waals surface area contributed by atoms with Gasteiger partial charge in [0.05, 0.1) is 17.9 Å². The molecule has 0 aliphatic carbocycles. The zero-order valence-electron chi connectivity index (χ0n) is 10.6. The van der Waals surface area contributed by atoms with Crippen LogP contribution in [0.5, 0.6) is 0 Å². The van der Waals surface area contributed by atoms with Gasteiger partial charge in [0.2, 0.25) is 11.7 Å². The number of carboxylic acids is 1. The minimum atomic E-state index is -0.880. The van der Waals surface area contributed by atoms with Gasteiger partial charge in [-0.3, -0.25) is 4.79 Å². The first-order valence-corrected chi connectivity index (χ1v) is 8.65. The third kappa shape index (κ3) is 3.69. The molecule has 9 heteroatoms. The molecule has 0 amide bonds. The van der Waals surface area contributed by atoms with Crippen LogP contribution in [0, 0.1) is 0 Å². The highest BCUT2D eigenvalue weighted by atomic mass is 32.2. The highest BCUT2D eigenvalue weighted by Crippen LogP contribution is 2.27. The summed E-state index contributed by atoms with van der Waals surface area (Å²) >= 11 is 4.45. The smallest absolute Gasteiger partial charge is 0.309 e. The van der Waals surface area contributed by atoms with Gasteiger partial charge in [0.25, 0.3) is 0 Å². The second-order valence-corrected chi connectivity index (χ2v) is 6.85. The maximum atomic E-state index is 10.6. The van der Waals surface area contributed by atoms with E-state index < -0.39 is 5.97 Å². The molecule has 0 aliphatic rings. The summed E-state index contributed by atoms with van der Waals surface area (Å²) in [5.74, 6) is 0.736. The summed E-state index contributed by atoms with van der Waals surface area (Å²) in [6.07, 6.45) is -0.0556. The monoisotopic (exact) mass is 339 g/mol. The lowest BCUT2D eigenvalue weighted by atomic mass is 10.3. The summed E-state index contributed by atoms with van der Waals surface area (Å²) < 4.78 is 5.98. The third-order valence-corrected chi connectivity index (χ3v) is 5.17. The van der Waals surface area contributed by atoms with Gasteiger partial charge in [-0.15, -0.1) is 11.3 Å². The van der Waals surface area contributed by atoms with Crippen molar-refractivity contribution >= 4 is 40.4 Å². The highest BCUT2D eigenvalue weighted by Gasteiger charge is 2.11. The minimum Gasteiger partial charge on any atom is -0.481 e. The lowest BCUT2D eigenvalue weighted by Crippen LogP contribution is -1.99. The van der Waals surface area contributed by atoms with Gasteiger partial charge in [-0.1, -0.05) is 16.9 Å². The molecule has 3 heterocycles. The predicted octanol–water partition coefficient (Wildman–Crippen LogP) is 3.17. The van der Waals surface area contributed by atoms with Crippen molar-refractivity contribution in [2.24, 2.45) is 0 Å². The lowest BCUT2D eigenvalue weighted by Gasteiger charge is -1.91. The Morgan fingerprint density at radius 2 is 2.29 bits per heavy atom. The number of carbonyl (C=O) groups is 1. The van der Waals surface area contributed by atoms with Crippen molar-refractivity contribution in [1.29, 1.82) is 0 Å². The van der Waals surface area contributed by atoms with Gasteiger partial charge in [-0.25, -0.2) is 4.98 Å². The Balaban J connectivity index is 1.60. The molecule has 0 aromatic carbocycles. The van der Waals surface area contributed by atoms with Gasteiger partial charge in [0.1, 0.15) is 0 Å². The van der Waals surface area contributed by atoms with Crippen LogP contribution in [0.25, 0.3) is 11.4 Å². The van der Waals surface area contributed by atoms with Crippen LogP contribution in [0.4, 0.5) is 0 Å². The van der Waals surface area contributed by atoms with Gasteiger partial charge in [0, 0.05) is 16.3 Å². The fraction of sp³-hybridized carbons (Fsp3) is 0.167. The normalized spacial score (nSPS) is 10.9. The zero-order valence-corrected chi connectivity index (χ0v) is 13.0. The molecule has 0 aliphatic heterocycles. The summed E-state index contributed by atoms with van der Waals surface area (Å²) in [5.41, 5.74) is 1.51. The van der Waals surface area contributed by atoms with E-state index in [-0.39, 0.29) is 6.42 Å². The van der Waals surface area contributed by atoms with Gasteiger partial charge < -0.3 is 9.63 Å². The van der Waals surface area contributed by atoms with E-state index in [2.05, 4.69) is 15.1 Å². The van der Waals surface area contributed by atoms with E-state index in [1.165, 1.54) is 23.1 Å². The number of carboxylic acid groups (broad SMARTS) is 1. The van der Waals surface area contributed by atoms with Crippen LogP contribution in [-0.4, -0.2) is 26.2 Å². The molecule has 0 radical (unpaired) electrons. The molecule has 0 bridgehead atoms. The fourth-order valence-corrected chi connectivity index (χ4v) is 3.85. The van der Waals surface area contributed by atoms with Crippen LogP contribution in [0.2, 0.25) is 0 Å². The molecule has 0 saturated heterocycles. The van der Waals surface area contributed by atoms with Crippen molar-refractivity contribution in [2.75, 3.05) is 0 Å². The Hall–Kier alpha value is -1.71. The number of thiophene rings is 1. The Kier molecular flexibility index (Phi) is 4.32. The van der Waals surface area contributed by atoms with Crippen LogP contribution < -0.4 is 0 Å². The van der Waals surface area contributed by atoms with E-state index >= 15 is 0 Å².